The molecule has 2 amide bonds. The van der Waals surface area contributed by atoms with Crippen molar-refractivity contribution in [1.82, 2.24) is 20.0 Å². The van der Waals surface area contributed by atoms with Gasteiger partial charge in [0.15, 0.2) is 5.69 Å². The largest absolute Gasteiger partial charge is 0.467 e. The van der Waals surface area contributed by atoms with Gasteiger partial charge in [-0.15, -0.1) is 0 Å². The van der Waals surface area contributed by atoms with Gasteiger partial charge >= 0.3 is 5.97 Å². The lowest BCUT2D eigenvalue weighted by Crippen LogP contribution is -2.60. The number of amides is 2. The Labute approximate surface area is 158 Å². The standard InChI is InChI=1S/C18H17FN4O5/c1-10-7-14(24)16(21-23(10)12-6-4-3-5-11(12)19)17(26)22-9-15(25)20-8-13(22)18(27)28-2/h3-7,13H,8-9H2,1-2H3,(H,20,25)/t13-/m0/s1. The molecule has 9 nitrogen and oxygen atoms in total. The maximum atomic E-state index is 14.2. The quantitative estimate of drug-likeness (QED) is 0.729. The molecule has 1 aliphatic rings. The number of nitrogens with zero attached hydrogens (tertiary/aromatic N) is 3. The van der Waals surface area contributed by atoms with Crippen molar-refractivity contribution >= 4 is 17.8 Å². The average Bonchev–Trinajstić information content (AvgIpc) is 2.68. The number of rotatable bonds is 3. The lowest BCUT2D eigenvalue weighted by Gasteiger charge is -2.33. The summed E-state index contributed by atoms with van der Waals surface area (Å²) in [4.78, 5) is 50.0. The number of aryl methyl sites for hydroxylation is 1. The van der Waals surface area contributed by atoms with Crippen LogP contribution in [0.1, 0.15) is 16.2 Å². The summed E-state index contributed by atoms with van der Waals surface area (Å²) in [5.74, 6) is -2.74. The van der Waals surface area contributed by atoms with Gasteiger partial charge in [-0.25, -0.2) is 13.9 Å². The van der Waals surface area contributed by atoms with Crippen molar-refractivity contribution in [3.63, 3.8) is 0 Å². The van der Waals surface area contributed by atoms with Crippen LogP contribution in [0, 0.1) is 12.7 Å². The van der Waals surface area contributed by atoms with E-state index in [1.165, 1.54) is 18.2 Å². The Morgan fingerprint density at radius 1 is 1.29 bits per heavy atom. The van der Waals surface area contributed by atoms with Gasteiger partial charge in [0.1, 0.15) is 24.1 Å². The number of halogens is 1. The van der Waals surface area contributed by atoms with E-state index in [9.17, 15) is 23.6 Å². The van der Waals surface area contributed by atoms with E-state index in [1.54, 1.807) is 13.0 Å². The number of benzene rings is 1. The zero-order valence-electron chi connectivity index (χ0n) is 15.1. The average molecular weight is 388 g/mol. The van der Waals surface area contributed by atoms with Crippen molar-refractivity contribution < 1.29 is 23.5 Å². The SMILES string of the molecule is COC(=O)[C@@H]1CNC(=O)CN1C(=O)c1nn(-c2ccccc2F)c(C)cc1=O. The Bertz CT molecular complexity index is 1020. The van der Waals surface area contributed by atoms with Crippen LogP contribution in [0.15, 0.2) is 35.1 Å². The second kappa shape index (κ2) is 7.59. The Balaban J connectivity index is 2.07. The maximum absolute atomic E-state index is 14.2. The molecular weight excluding hydrogens is 371 g/mol. The first-order chi connectivity index (χ1) is 13.3. The van der Waals surface area contributed by atoms with Gasteiger partial charge in [0, 0.05) is 18.3 Å². The van der Waals surface area contributed by atoms with Crippen molar-refractivity contribution in [3.05, 3.63) is 57.8 Å². The van der Waals surface area contributed by atoms with Gasteiger partial charge in [-0.2, -0.15) is 5.10 Å². The highest BCUT2D eigenvalue weighted by atomic mass is 19.1. The predicted octanol–water partition coefficient (Wildman–Crippen LogP) is -0.206. The lowest BCUT2D eigenvalue weighted by atomic mass is 10.1. The summed E-state index contributed by atoms with van der Waals surface area (Å²) in [5, 5.41) is 6.48. The van der Waals surface area contributed by atoms with Crippen LogP contribution in [0.4, 0.5) is 4.39 Å². The molecule has 0 bridgehead atoms. The van der Waals surface area contributed by atoms with Crippen LogP contribution >= 0.6 is 0 Å². The minimum Gasteiger partial charge on any atom is -0.467 e. The Morgan fingerprint density at radius 3 is 2.68 bits per heavy atom. The van der Waals surface area contributed by atoms with Crippen LogP contribution in [0.25, 0.3) is 5.69 Å². The first-order valence-corrected chi connectivity index (χ1v) is 8.35. The second-order valence-corrected chi connectivity index (χ2v) is 6.14. The Kier molecular flexibility index (Phi) is 5.21. The zero-order valence-corrected chi connectivity index (χ0v) is 15.1. The van der Waals surface area contributed by atoms with Gasteiger partial charge in [0.25, 0.3) is 5.91 Å². The number of hydrogen-bond donors (Lipinski definition) is 1. The molecular formula is C18H17FN4O5. The number of carbonyl (C=O) groups is 3. The number of piperazine rings is 1. The molecule has 0 saturated carbocycles. The third-order valence-electron chi connectivity index (χ3n) is 4.31. The monoisotopic (exact) mass is 388 g/mol. The fourth-order valence-electron chi connectivity index (χ4n) is 2.90. The van der Waals surface area contributed by atoms with Crippen LogP contribution in [0.5, 0.6) is 0 Å². The highest BCUT2D eigenvalue weighted by molar-refractivity contribution is 5.98. The number of ether oxygens (including phenoxy) is 1. The van der Waals surface area contributed by atoms with Gasteiger partial charge in [-0.3, -0.25) is 14.4 Å². The Morgan fingerprint density at radius 2 is 2.00 bits per heavy atom. The van der Waals surface area contributed by atoms with E-state index in [0.717, 1.165) is 22.8 Å². The van der Waals surface area contributed by atoms with Crippen LogP contribution in [0.2, 0.25) is 0 Å². The van der Waals surface area contributed by atoms with Crippen LogP contribution < -0.4 is 10.7 Å². The third-order valence-corrected chi connectivity index (χ3v) is 4.31. The van der Waals surface area contributed by atoms with Gasteiger partial charge in [0.2, 0.25) is 11.3 Å². The Hall–Kier alpha value is -3.56. The summed E-state index contributed by atoms with van der Waals surface area (Å²) >= 11 is 0. The summed E-state index contributed by atoms with van der Waals surface area (Å²) in [6.07, 6.45) is 0. The molecule has 0 unspecified atom stereocenters. The predicted molar refractivity (Wildman–Crippen MR) is 94.4 cm³/mol. The van der Waals surface area contributed by atoms with E-state index in [0.29, 0.717) is 5.69 Å². The normalized spacial score (nSPS) is 16.5. The van der Waals surface area contributed by atoms with E-state index in [4.69, 9.17) is 0 Å². The number of para-hydroxylation sites is 1. The van der Waals surface area contributed by atoms with Crippen molar-refractivity contribution in [3.8, 4) is 5.69 Å². The number of hydrogen-bond acceptors (Lipinski definition) is 6. The van der Waals surface area contributed by atoms with E-state index >= 15 is 0 Å². The summed E-state index contributed by atoms with van der Waals surface area (Å²) in [5.41, 5.74) is -0.871. The lowest BCUT2D eigenvalue weighted by molar-refractivity contribution is -0.147. The minimum atomic E-state index is -1.10. The molecule has 1 N–H and O–H groups in total. The van der Waals surface area contributed by atoms with Crippen molar-refractivity contribution in [2.24, 2.45) is 0 Å². The summed E-state index contributed by atoms with van der Waals surface area (Å²) in [6.45, 7) is 0.957. The van der Waals surface area contributed by atoms with Crippen LogP contribution in [-0.4, -0.2) is 58.7 Å². The zero-order chi connectivity index (χ0) is 20.4. The molecule has 1 aromatic carbocycles. The topological polar surface area (TPSA) is 111 Å². The van der Waals surface area contributed by atoms with E-state index < -0.39 is 47.3 Å². The van der Waals surface area contributed by atoms with Gasteiger partial charge < -0.3 is 15.0 Å². The van der Waals surface area contributed by atoms with Crippen molar-refractivity contribution in [2.45, 2.75) is 13.0 Å². The number of carbonyl (C=O) groups excluding carboxylic acids is 3. The number of methoxy groups -OCH3 is 1. The molecule has 146 valence electrons. The van der Waals surface area contributed by atoms with Crippen LogP contribution in [-0.2, 0) is 14.3 Å². The van der Waals surface area contributed by atoms with E-state index in [-0.39, 0.29) is 12.2 Å². The first kappa shape index (κ1) is 19.2. The molecule has 28 heavy (non-hydrogen) atoms. The molecule has 2 aromatic rings. The maximum Gasteiger partial charge on any atom is 0.330 e. The number of aromatic nitrogens is 2. The van der Waals surface area contributed by atoms with Crippen LogP contribution in [0.3, 0.4) is 0 Å². The molecule has 1 fully saturated rings. The molecule has 1 aromatic heterocycles. The second-order valence-electron chi connectivity index (χ2n) is 6.14. The van der Waals surface area contributed by atoms with Gasteiger partial charge in [-0.1, -0.05) is 12.1 Å². The minimum absolute atomic E-state index is 0.0509. The van der Waals surface area contributed by atoms with E-state index in [2.05, 4.69) is 15.2 Å². The van der Waals surface area contributed by atoms with Crippen molar-refractivity contribution in [1.29, 1.82) is 0 Å². The van der Waals surface area contributed by atoms with Crippen molar-refractivity contribution in [2.75, 3.05) is 20.2 Å². The van der Waals surface area contributed by atoms with Gasteiger partial charge in [-0.05, 0) is 19.1 Å². The molecule has 3 rings (SSSR count). The fourth-order valence-corrected chi connectivity index (χ4v) is 2.90. The smallest absolute Gasteiger partial charge is 0.330 e. The molecule has 1 aliphatic heterocycles. The molecule has 10 heteroatoms. The van der Waals surface area contributed by atoms with E-state index in [1.807, 2.05) is 0 Å². The highest BCUT2D eigenvalue weighted by Crippen LogP contribution is 2.15. The molecule has 0 aliphatic carbocycles. The first-order valence-electron chi connectivity index (χ1n) is 8.35. The number of nitrogens with one attached hydrogen (secondary N) is 1. The summed E-state index contributed by atoms with van der Waals surface area (Å²) < 4.78 is 19.9. The molecule has 1 saturated heterocycles. The summed E-state index contributed by atoms with van der Waals surface area (Å²) in [7, 11) is 1.15. The van der Waals surface area contributed by atoms with Gasteiger partial charge in [0.05, 0.1) is 7.11 Å². The molecule has 0 spiro atoms. The number of esters is 1. The molecule has 1 atom stereocenters. The third kappa shape index (κ3) is 3.48. The fraction of sp³-hybridized carbons (Fsp3) is 0.278. The summed E-state index contributed by atoms with van der Waals surface area (Å²) in [6, 6.07) is 5.79. The molecule has 2 heterocycles. The highest BCUT2D eigenvalue weighted by Gasteiger charge is 2.38. The molecule has 0 radical (unpaired) electrons.